The minimum Gasteiger partial charge on any atom is -0.480 e. The van der Waals surface area contributed by atoms with E-state index in [-0.39, 0.29) is 17.9 Å². The van der Waals surface area contributed by atoms with Gasteiger partial charge in [-0.3, -0.25) is 4.79 Å². The molecule has 0 aromatic carbocycles. The number of hydrogen-bond acceptors (Lipinski definition) is 2. The minimum atomic E-state index is -0.856. The van der Waals surface area contributed by atoms with Crippen LogP contribution in [0.1, 0.15) is 60.9 Å². The Bertz CT molecular complexity index is 647. The van der Waals surface area contributed by atoms with Crippen molar-refractivity contribution < 1.29 is 14.7 Å². The second-order valence-electron chi connectivity index (χ2n) is 7.34. The number of amides is 1. The van der Waals surface area contributed by atoms with E-state index in [4.69, 9.17) is 0 Å². The fraction of sp³-hybridized carbons (Fsp3) is 0.667. The first-order chi connectivity index (χ1) is 10.8. The van der Waals surface area contributed by atoms with Crippen LogP contribution in [0.25, 0.3) is 0 Å². The zero-order chi connectivity index (χ0) is 16.9. The summed E-state index contributed by atoms with van der Waals surface area (Å²) in [6.07, 6.45) is 3.06. The van der Waals surface area contributed by atoms with Crippen molar-refractivity contribution in [1.29, 1.82) is 0 Å². The third kappa shape index (κ3) is 2.46. The zero-order valence-electron chi connectivity index (χ0n) is 14.4. The maximum atomic E-state index is 13.1. The summed E-state index contributed by atoms with van der Waals surface area (Å²) in [6.45, 7) is 8.72. The van der Waals surface area contributed by atoms with Crippen molar-refractivity contribution in [3.8, 4) is 0 Å². The molecular weight excluding hydrogens is 292 g/mol. The normalized spacial score (nSPS) is 26.8. The Morgan fingerprint density at radius 3 is 2.52 bits per heavy atom. The van der Waals surface area contributed by atoms with Crippen LogP contribution in [-0.2, 0) is 4.79 Å². The van der Waals surface area contributed by atoms with Crippen LogP contribution in [0.15, 0.2) is 6.07 Å². The van der Waals surface area contributed by atoms with Gasteiger partial charge in [0.15, 0.2) is 0 Å². The molecule has 3 atom stereocenters. The number of nitrogens with zero attached hydrogens (tertiary/aromatic N) is 2. The third-order valence-electron chi connectivity index (χ3n) is 5.64. The lowest BCUT2D eigenvalue weighted by Gasteiger charge is -2.24. The van der Waals surface area contributed by atoms with Crippen LogP contribution < -0.4 is 0 Å². The molecule has 23 heavy (non-hydrogen) atoms. The van der Waals surface area contributed by atoms with Crippen LogP contribution >= 0.6 is 0 Å². The van der Waals surface area contributed by atoms with Crippen molar-refractivity contribution in [2.45, 2.75) is 59.0 Å². The quantitative estimate of drug-likeness (QED) is 0.932. The summed E-state index contributed by atoms with van der Waals surface area (Å²) < 4.78 is 2.14. The standard InChI is InChI=1S/C18H26N2O3/c1-10(2)20-11(3)8-15(12(20)4)17(21)19-9-13-6-5-7-14(13)16(19)18(22)23/h8,10,13-14,16H,5-7,9H2,1-4H3,(H,22,23). The van der Waals surface area contributed by atoms with Crippen LogP contribution in [0.5, 0.6) is 0 Å². The number of carbonyl (C=O) groups is 2. The van der Waals surface area contributed by atoms with Crippen LogP contribution in [-0.4, -0.2) is 39.0 Å². The van der Waals surface area contributed by atoms with E-state index in [0.717, 1.165) is 30.7 Å². The molecule has 1 saturated carbocycles. The highest BCUT2D eigenvalue weighted by Crippen LogP contribution is 2.43. The molecule has 3 rings (SSSR count). The van der Waals surface area contributed by atoms with Crippen LogP contribution in [0.2, 0.25) is 0 Å². The molecule has 2 fully saturated rings. The van der Waals surface area contributed by atoms with Crippen molar-refractivity contribution in [2.75, 3.05) is 6.54 Å². The lowest BCUT2D eigenvalue weighted by atomic mass is 9.94. The molecule has 1 aliphatic carbocycles. The van der Waals surface area contributed by atoms with E-state index in [9.17, 15) is 14.7 Å². The van der Waals surface area contributed by atoms with E-state index < -0.39 is 12.0 Å². The van der Waals surface area contributed by atoms with Gasteiger partial charge < -0.3 is 14.6 Å². The lowest BCUT2D eigenvalue weighted by molar-refractivity contribution is -0.142. The van der Waals surface area contributed by atoms with E-state index in [2.05, 4.69) is 18.4 Å². The van der Waals surface area contributed by atoms with E-state index in [1.165, 1.54) is 0 Å². The first kappa shape index (κ1) is 16.1. The molecule has 1 saturated heterocycles. The molecule has 1 aliphatic heterocycles. The average molecular weight is 318 g/mol. The van der Waals surface area contributed by atoms with Gasteiger partial charge in [0.25, 0.3) is 5.91 Å². The minimum absolute atomic E-state index is 0.119. The molecule has 1 aromatic heterocycles. The molecule has 1 aromatic rings. The first-order valence-corrected chi connectivity index (χ1v) is 8.55. The number of fused-ring (bicyclic) bond motifs is 1. The molecule has 0 spiro atoms. The Morgan fingerprint density at radius 1 is 1.26 bits per heavy atom. The van der Waals surface area contributed by atoms with Crippen LogP contribution in [0.3, 0.4) is 0 Å². The summed E-state index contributed by atoms with van der Waals surface area (Å²) >= 11 is 0. The number of hydrogen-bond donors (Lipinski definition) is 1. The molecule has 1 amide bonds. The van der Waals surface area contributed by atoms with Gasteiger partial charge in [0.1, 0.15) is 6.04 Å². The molecular formula is C18H26N2O3. The fourth-order valence-corrected chi connectivity index (χ4v) is 4.77. The van der Waals surface area contributed by atoms with Crippen molar-refractivity contribution in [2.24, 2.45) is 11.8 Å². The predicted octanol–water partition coefficient (Wildman–Crippen LogP) is 3.01. The van der Waals surface area contributed by atoms with Gasteiger partial charge in [0.2, 0.25) is 0 Å². The highest BCUT2D eigenvalue weighted by Gasteiger charge is 2.49. The van der Waals surface area contributed by atoms with Crippen LogP contribution in [0, 0.1) is 25.7 Å². The van der Waals surface area contributed by atoms with Crippen molar-refractivity contribution in [3.63, 3.8) is 0 Å². The maximum absolute atomic E-state index is 13.1. The summed E-state index contributed by atoms with van der Waals surface area (Å²) in [5, 5.41) is 9.64. The Morgan fingerprint density at radius 2 is 1.96 bits per heavy atom. The van der Waals surface area contributed by atoms with Gasteiger partial charge in [0, 0.05) is 24.0 Å². The topological polar surface area (TPSA) is 62.5 Å². The Hall–Kier alpha value is -1.78. The highest BCUT2D eigenvalue weighted by molar-refractivity contribution is 5.98. The number of aliphatic carboxylic acids is 1. The van der Waals surface area contributed by atoms with E-state index in [1.807, 2.05) is 19.9 Å². The second kappa shape index (κ2) is 5.69. The molecule has 0 radical (unpaired) electrons. The van der Waals surface area contributed by atoms with Crippen molar-refractivity contribution in [3.05, 3.63) is 23.0 Å². The number of carboxylic acid groups (broad SMARTS) is 1. The van der Waals surface area contributed by atoms with Gasteiger partial charge in [-0.2, -0.15) is 0 Å². The summed E-state index contributed by atoms with van der Waals surface area (Å²) in [6, 6.07) is 1.53. The van der Waals surface area contributed by atoms with Gasteiger partial charge in [-0.05, 0) is 58.4 Å². The summed E-state index contributed by atoms with van der Waals surface area (Å²) in [5.74, 6) is -0.490. The largest absolute Gasteiger partial charge is 0.480 e. The smallest absolute Gasteiger partial charge is 0.326 e. The molecule has 5 nitrogen and oxygen atoms in total. The van der Waals surface area contributed by atoms with Crippen molar-refractivity contribution in [1.82, 2.24) is 9.47 Å². The number of likely N-dealkylation sites (tertiary alicyclic amines) is 1. The van der Waals surface area contributed by atoms with Gasteiger partial charge in [-0.15, -0.1) is 0 Å². The molecule has 0 bridgehead atoms. The fourth-order valence-electron chi connectivity index (χ4n) is 4.77. The first-order valence-electron chi connectivity index (χ1n) is 8.55. The SMILES string of the molecule is Cc1cc(C(=O)N2CC3CCCC3C2C(=O)O)c(C)n1C(C)C. The number of rotatable bonds is 3. The number of aromatic nitrogens is 1. The van der Waals surface area contributed by atoms with E-state index >= 15 is 0 Å². The Kier molecular flexibility index (Phi) is 3.98. The van der Waals surface area contributed by atoms with Crippen molar-refractivity contribution >= 4 is 11.9 Å². The molecule has 2 heterocycles. The monoisotopic (exact) mass is 318 g/mol. The summed E-state index contributed by atoms with van der Waals surface area (Å²) in [7, 11) is 0. The highest BCUT2D eigenvalue weighted by atomic mass is 16.4. The van der Waals surface area contributed by atoms with Gasteiger partial charge in [-0.1, -0.05) is 6.42 Å². The molecule has 1 N–H and O–H groups in total. The predicted molar refractivity (Wildman–Crippen MR) is 87.6 cm³/mol. The second-order valence-corrected chi connectivity index (χ2v) is 7.34. The third-order valence-corrected chi connectivity index (χ3v) is 5.64. The number of aryl methyl sites for hydroxylation is 1. The Labute approximate surface area is 137 Å². The van der Waals surface area contributed by atoms with E-state index in [0.29, 0.717) is 18.0 Å². The van der Waals surface area contributed by atoms with Gasteiger partial charge in [0.05, 0.1) is 5.56 Å². The summed E-state index contributed by atoms with van der Waals surface area (Å²) in [5.41, 5.74) is 2.64. The van der Waals surface area contributed by atoms with E-state index in [1.54, 1.807) is 4.90 Å². The molecule has 126 valence electrons. The zero-order valence-corrected chi connectivity index (χ0v) is 14.4. The molecule has 3 unspecified atom stereocenters. The average Bonchev–Trinajstić information content (AvgIpc) is 3.09. The van der Waals surface area contributed by atoms with Crippen LogP contribution in [0.4, 0.5) is 0 Å². The number of carbonyl (C=O) groups excluding carboxylic acids is 1. The summed E-state index contributed by atoms with van der Waals surface area (Å²) in [4.78, 5) is 26.4. The molecule has 5 heteroatoms. The van der Waals surface area contributed by atoms with Gasteiger partial charge >= 0.3 is 5.97 Å². The Balaban J connectivity index is 1.94. The number of carboxylic acids is 1. The van der Waals surface area contributed by atoms with Gasteiger partial charge in [-0.25, -0.2) is 4.79 Å². The maximum Gasteiger partial charge on any atom is 0.326 e. The molecule has 2 aliphatic rings. The lowest BCUT2D eigenvalue weighted by Crippen LogP contribution is -2.43.